The van der Waals surface area contributed by atoms with Crippen LogP contribution in [0.1, 0.15) is 42.6 Å². The molecule has 25 heavy (non-hydrogen) atoms. The number of amides is 2. The molecule has 132 valence electrons. The number of halogens is 1. The summed E-state index contributed by atoms with van der Waals surface area (Å²) in [4.78, 5) is 24.1. The van der Waals surface area contributed by atoms with Crippen molar-refractivity contribution < 1.29 is 14.3 Å². The highest BCUT2D eigenvalue weighted by molar-refractivity contribution is 6.33. The summed E-state index contributed by atoms with van der Waals surface area (Å²) >= 11 is 5.94. The van der Waals surface area contributed by atoms with Crippen LogP contribution in [0.4, 0.5) is 0 Å². The van der Waals surface area contributed by atoms with E-state index in [9.17, 15) is 9.59 Å². The molecule has 0 fully saturated rings. The van der Waals surface area contributed by atoms with Crippen molar-refractivity contribution in [2.45, 2.75) is 32.8 Å². The molecular formula is C19H21ClN2O3. The average Bonchev–Trinajstić information content (AvgIpc) is 2.60. The van der Waals surface area contributed by atoms with Crippen LogP contribution in [0.2, 0.25) is 5.02 Å². The summed E-state index contributed by atoms with van der Waals surface area (Å²) in [6.45, 7) is 5.81. The van der Waals surface area contributed by atoms with Gasteiger partial charge in [-0.25, -0.2) is 0 Å². The molecule has 2 rings (SSSR count). The number of carbonyl (C=O) groups excluding carboxylic acids is 2. The molecule has 0 unspecified atom stereocenters. The first kappa shape index (κ1) is 18.8. The highest BCUT2D eigenvalue weighted by Crippen LogP contribution is 2.19. The molecule has 1 atom stereocenters. The smallest absolute Gasteiger partial charge is 0.279 e. The normalized spacial score (nSPS) is 11.7. The summed E-state index contributed by atoms with van der Waals surface area (Å²) in [5.41, 5.74) is 6.13. The lowest BCUT2D eigenvalue weighted by Crippen LogP contribution is -2.47. The van der Waals surface area contributed by atoms with Crippen LogP contribution in [0.25, 0.3) is 0 Å². The third kappa shape index (κ3) is 5.22. The van der Waals surface area contributed by atoms with Crippen LogP contribution in [0, 0.1) is 0 Å². The number of ether oxygens (including phenoxy) is 1. The van der Waals surface area contributed by atoms with E-state index in [1.165, 1.54) is 5.56 Å². The fourth-order valence-electron chi connectivity index (χ4n) is 2.12. The molecule has 0 aliphatic carbocycles. The minimum Gasteiger partial charge on any atom is -0.481 e. The lowest BCUT2D eigenvalue weighted by Gasteiger charge is -2.16. The SMILES string of the molecule is CC(C)c1ccc(O[C@@H](C)C(=O)NNC(=O)c2ccccc2Cl)cc1. The molecule has 5 nitrogen and oxygen atoms in total. The molecule has 0 radical (unpaired) electrons. The molecule has 0 saturated carbocycles. The van der Waals surface area contributed by atoms with Crippen molar-refractivity contribution in [2.24, 2.45) is 0 Å². The summed E-state index contributed by atoms with van der Waals surface area (Å²) in [6, 6.07) is 14.1. The van der Waals surface area contributed by atoms with Gasteiger partial charge in [-0.2, -0.15) is 0 Å². The molecule has 0 spiro atoms. The van der Waals surface area contributed by atoms with E-state index in [0.29, 0.717) is 16.7 Å². The Bertz CT molecular complexity index is 745. The Morgan fingerprint density at radius 1 is 0.960 bits per heavy atom. The van der Waals surface area contributed by atoms with Gasteiger partial charge in [0.2, 0.25) is 0 Å². The molecule has 2 amide bonds. The fourth-order valence-corrected chi connectivity index (χ4v) is 2.34. The highest BCUT2D eigenvalue weighted by Gasteiger charge is 2.17. The first-order valence-corrected chi connectivity index (χ1v) is 8.37. The molecule has 0 heterocycles. The predicted octanol–water partition coefficient (Wildman–Crippen LogP) is 3.69. The van der Waals surface area contributed by atoms with Gasteiger partial charge < -0.3 is 4.74 Å². The maximum Gasteiger partial charge on any atom is 0.279 e. The Hall–Kier alpha value is -2.53. The lowest BCUT2D eigenvalue weighted by molar-refractivity contribution is -0.128. The third-order valence-electron chi connectivity index (χ3n) is 3.65. The van der Waals surface area contributed by atoms with Gasteiger partial charge in [0.15, 0.2) is 6.10 Å². The lowest BCUT2D eigenvalue weighted by atomic mass is 10.0. The van der Waals surface area contributed by atoms with Gasteiger partial charge in [-0.3, -0.25) is 20.4 Å². The molecule has 0 aromatic heterocycles. The number of benzene rings is 2. The molecule has 2 aromatic carbocycles. The van der Waals surface area contributed by atoms with E-state index >= 15 is 0 Å². The van der Waals surface area contributed by atoms with Gasteiger partial charge in [-0.1, -0.05) is 49.7 Å². The molecule has 6 heteroatoms. The average molecular weight is 361 g/mol. The number of rotatable bonds is 5. The van der Waals surface area contributed by atoms with Crippen LogP contribution >= 0.6 is 11.6 Å². The molecular weight excluding hydrogens is 340 g/mol. The van der Waals surface area contributed by atoms with E-state index in [2.05, 4.69) is 24.7 Å². The molecule has 0 aliphatic rings. The largest absolute Gasteiger partial charge is 0.481 e. The number of carbonyl (C=O) groups is 2. The Balaban J connectivity index is 1.88. The maximum atomic E-state index is 12.1. The van der Waals surface area contributed by atoms with E-state index in [4.69, 9.17) is 16.3 Å². The van der Waals surface area contributed by atoms with Gasteiger partial charge in [0.1, 0.15) is 5.75 Å². The van der Waals surface area contributed by atoms with E-state index in [-0.39, 0.29) is 5.56 Å². The summed E-state index contributed by atoms with van der Waals surface area (Å²) in [7, 11) is 0. The summed E-state index contributed by atoms with van der Waals surface area (Å²) in [5.74, 6) is 0.0556. The highest BCUT2D eigenvalue weighted by atomic mass is 35.5. The van der Waals surface area contributed by atoms with Crippen molar-refractivity contribution in [3.8, 4) is 5.75 Å². The molecule has 0 bridgehead atoms. The minimum absolute atomic E-state index is 0.280. The Labute approximate surface area is 152 Å². The van der Waals surface area contributed by atoms with E-state index in [0.717, 1.165) is 0 Å². The quantitative estimate of drug-likeness (QED) is 0.799. The van der Waals surface area contributed by atoms with Gasteiger partial charge in [-0.15, -0.1) is 0 Å². The fraction of sp³-hybridized carbons (Fsp3) is 0.263. The molecule has 0 aliphatic heterocycles. The van der Waals surface area contributed by atoms with Gasteiger partial charge in [0, 0.05) is 0 Å². The van der Waals surface area contributed by atoms with Crippen molar-refractivity contribution in [2.75, 3.05) is 0 Å². The van der Waals surface area contributed by atoms with Crippen LogP contribution in [0.5, 0.6) is 5.75 Å². The topological polar surface area (TPSA) is 67.4 Å². The Morgan fingerprint density at radius 2 is 1.60 bits per heavy atom. The zero-order valence-electron chi connectivity index (χ0n) is 14.4. The molecule has 2 aromatic rings. The molecule has 0 saturated heterocycles. The summed E-state index contributed by atoms with van der Waals surface area (Å²) in [6.07, 6.45) is -0.767. The van der Waals surface area contributed by atoms with Crippen LogP contribution in [-0.4, -0.2) is 17.9 Å². The van der Waals surface area contributed by atoms with Crippen molar-refractivity contribution >= 4 is 23.4 Å². The first-order chi connectivity index (χ1) is 11.9. The zero-order valence-corrected chi connectivity index (χ0v) is 15.1. The number of nitrogens with one attached hydrogen (secondary N) is 2. The Morgan fingerprint density at radius 3 is 2.20 bits per heavy atom. The number of hydrogen-bond acceptors (Lipinski definition) is 3. The Kier molecular flexibility index (Phi) is 6.42. The maximum absolute atomic E-state index is 12.1. The van der Waals surface area contributed by atoms with Crippen LogP contribution in [0.3, 0.4) is 0 Å². The van der Waals surface area contributed by atoms with Crippen molar-refractivity contribution in [3.05, 3.63) is 64.7 Å². The van der Waals surface area contributed by atoms with Gasteiger partial charge in [0.25, 0.3) is 11.8 Å². The van der Waals surface area contributed by atoms with Gasteiger partial charge in [0.05, 0.1) is 10.6 Å². The second kappa shape index (κ2) is 8.53. The monoisotopic (exact) mass is 360 g/mol. The van der Waals surface area contributed by atoms with Crippen molar-refractivity contribution in [1.29, 1.82) is 0 Å². The van der Waals surface area contributed by atoms with Crippen molar-refractivity contribution in [1.82, 2.24) is 10.9 Å². The van der Waals surface area contributed by atoms with E-state index in [1.54, 1.807) is 31.2 Å². The number of hydrazine groups is 1. The number of hydrogen-bond donors (Lipinski definition) is 2. The third-order valence-corrected chi connectivity index (χ3v) is 3.98. The van der Waals surface area contributed by atoms with E-state index < -0.39 is 17.9 Å². The molecule has 2 N–H and O–H groups in total. The second-order valence-electron chi connectivity index (χ2n) is 5.91. The van der Waals surface area contributed by atoms with Crippen LogP contribution in [0.15, 0.2) is 48.5 Å². The summed E-state index contributed by atoms with van der Waals surface area (Å²) in [5, 5.41) is 0.309. The predicted molar refractivity (Wildman–Crippen MR) is 97.7 cm³/mol. The van der Waals surface area contributed by atoms with Gasteiger partial charge in [-0.05, 0) is 42.7 Å². The van der Waals surface area contributed by atoms with E-state index in [1.807, 2.05) is 24.3 Å². The zero-order chi connectivity index (χ0) is 18.4. The van der Waals surface area contributed by atoms with Crippen LogP contribution < -0.4 is 15.6 Å². The second-order valence-corrected chi connectivity index (χ2v) is 6.31. The van der Waals surface area contributed by atoms with Crippen LogP contribution in [-0.2, 0) is 4.79 Å². The van der Waals surface area contributed by atoms with Gasteiger partial charge >= 0.3 is 0 Å². The van der Waals surface area contributed by atoms with Crippen molar-refractivity contribution in [3.63, 3.8) is 0 Å². The standard InChI is InChI=1S/C19H21ClN2O3/c1-12(2)14-8-10-15(11-9-14)25-13(3)18(23)21-22-19(24)16-6-4-5-7-17(16)20/h4-13H,1-3H3,(H,21,23)(H,22,24)/t13-/m0/s1. The first-order valence-electron chi connectivity index (χ1n) is 8.00. The summed E-state index contributed by atoms with van der Waals surface area (Å²) < 4.78 is 5.58. The minimum atomic E-state index is -0.767.